The van der Waals surface area contributed by atoms with Gasteiger partial charge in [-0.1, -0.05) is 18.2 Å². The standard InChI is InChI=1S/C10H10ClNO/c1-3-10(13)12-9-5-4-8(11)6-7(9)2/h3-6H,1H2,2H3,(H,12,13). The van der Waals surface area contributed by atoms with Gasteiger partial charge in [0.1, 0.15) is 0 Å². The third-order valence-electron chi connectivity index (χ3n) is 1.63. The fourth-order valence-corrected chi connectivity index (χ4v) is 1.18. The molecule has 68 valence electrons. The van der Waals surface area contributed by atoms with E-state index >= 15 is 0 Å². The van der Waals surface area contributed by atoms with E-state index < -0.39 is 0 Å². The molecule has 0 atom stereocenters. The van der Waals surface area contributed by atoms with E-state index in [1.807, 2.05) is 6.92 Å². The molecule has 1 aromatic rings. The number of anilines is 1. The molecular formula is C10H10ClNO. The van der Waals surface area contributed by atoms with Crippen LogP contribution in [0.3, 0.4) is 0 Å². The molecule has 1 amide bonds. The van der Waals surface area contributed by atoms with E-state index in [1.165, 1.54) is 6.08 Å². The Bertz CT molecular complexity index is 347. The van der Waals surface area contributed by atoms with Crippen LogP contribution in [0.15, 0.2) is 30.9 Å². The van der Waals surface area contributed by atoms with Gasteiger partial charge in [-0.2, -0.15) is 0 Å². The van der Waals surface area contributed by atoms with Crippen LogP contribution in [0.25, 0.3) is 0 Å². The molecule has 3 heteroatoms. The Labute approximate surface area is 82.2 Å². The van der Waals surface area contributed by atoms with Crippen LogP contribution in [-0.4, -0.2) is 5.91 Å². The predicted molar refractivity (Wildman–Crippen MR) is 55.0 cm³/mol. The highest BCUT2D eigenvalue weighted by Gasteiger charge is 2.00. The van der Waals surface area contributed by atoms with Gasteiger partial charge in [0.2, 0.25) is 5.91 Å². The molecule has 0 spiro atoms. The Morgan fingerprint density at radius 3 is 2.85 bits per heavy atom. The van der Waals surface area contributed by atoms with Gasteiger partial charge in [0.15, 0.2) is 0 Å². The molecular weight excluding hydrogens is 186 g/mol. The number of hydrogen-bond donors (Lipinski definition) is 1. The number of rotatable bonds is 2. The van der Waals surface area contributed by atoms with E-state index in [1.54, 1.807) is 18.2 Å². The van der Waals surface area contributed by atoms with Crippen LogP contribution in [0.1, 0.15) is 5.56 Å². The van der Waals surface area contributed by atoms with E-state index in [4.69, 9.17) is 11.6 Å². The quantitative estimate of drug-likeness (QED) is 0.723. The maximum absolute atomic E-state index is 11.0. The predicted octanol–water partition coefficient (Wildman–Crippen LogP) is 2.77. The second kappa shape index (κ2) is 4.10. The van der Waals surface area contributed by atoms with E-state index in [0.717, 1.165) is 11.3 Å². The molecule has 0 radical (unpaired) electrons. The van der Waals surface area contributed by atoms with Crippen molar-refractivity contribution in [3.05, 3.63) is 41.4 Å². The van der Waals surface area contributed by atoms with Crippen molar-refractivity contribution in [1.29, 1.82) is 0 Å². The molecule has 0 bridgehead atoms. The summed E-state index contributed by atoms with van der Waals surface area (Å²) in [7, 11) is 0. The minimum Gasteiger partial charge on any atom is -0.322 e. The van der Waals surface area contributed by atoms with Crippen molar-refractivity contribution in [1.82, 2.24) is 0 Å². The number of aryl methyl sites for hydroxylation is 1. The highest BCUT2D eigenvalue weighted by Crippen LogP contribution is 2.19. The molecule has 0 heterocycles. The molecule has 1 rings (SSSR count). The zero-order valence-corrected chi connectivity index (χ0v) is 8.06. The summed E-state index contributed by atoms with van der Waals surface area (Å²) in [6.07, 6.45) is 1.23. The number of benzene rings is 1. The first-order valence-electron chi connectivity index (χ1n) is 3.83. The van der Waals surface area contributed by atoms with Crippen molar-refractivity contribution in [3.8, 4) is 0 Å². The van der Waals surface area contributed by atoms with Gasteiger partial charge in [-0.05, 0) is 36.8 Å². The smallest absolute Gasteiger partial charge is 0.247 e. The van der Waals surface area contributed by atoms with Gasteiger partial charge in [0.05, 0.1) is 0 Å². The van der Waals surface area contributed by atoms with Crippen molar-refractivity contribution >= 4 is 23.2 Å². The van der Waals surface area contributed by atoms with Crippen LogP contribution < -0.4 is 5.32 Å². The van der Waals surface area contributed by atoms with Gasteiger partial charge in [0, 0.05) is 10.7 Å². The fraction of sp³-hybridized carbons (Fsp3) is 0.100. The van der Waals surface area contributed by atoms with Crippen LogP contribution in [0.2, 0.25) is 5.02 Å². The van der Waals surface area contributed by atoms with Crippen molar-refractivity contribution in [2.24, 2.45) is 0 Å². The normalized spacial score (nSPS) is 9.38. The summed E-state index contributed by atoms with van der Waals surface area (Å²) in [5.74, 6) is -0.217. The molecule has 13 heavy (non-hydrogen) atoms. The van der Waals surface area contributed by atoms with Crippen LogP contribution in [0.5, 0.6) is 0 Å². The number of carbonyl (C=O) groups is 1. The van der Waals surface area contributed by atoms with Crippen molar-refractivity contribution in [2.75, 3.05) is 5.32 Å². The lowest BCUT2D eigenvalue weighted by Gasteiger charge is -2.05. The van der Waals surface area contributed by atoms with Crippen LogP contribution in [-0.2, 0) is 4.79 Å². The number of halogens is 1. The second-order valence-electron chi connectivity index (χ2n) is 2.65. The van der Waals surface area contributed by atoms with Crippen LogP contribution in [0.4, 0.5) is 5.69 Å². The summed E-state index contributed by atoms with van der Waals surface area (Å²) in [5.41, 5.74) is 1.69. The topological polar surface area (TPSA) is 29.1 Å². The summed E-state index contributed by atoms with van der Waals surface area (Å²) in [5, 5.41) is 3.33. The molecule has 0 saturated carbocycles. The van der Waals surface area contributed by atoms with Gasteiger partial charge in [-0.3, -0.25) is 4.79 Å². The fourth-order valence-electron chi connectivity index (χ4n) is 0.951. The minimum absolute atomic E-state index is 0.217. The molecule has 2 nitrogen and oxygen atoms in total. The molecule has 1 aromatic carbocycles. The first-order chi connectivity index (χ1) is 6.13. The highest BCUT2D eigenvalue weighted by atomic mass is 35.5. The van der Waals surface area contributed by atoms with Crippen LogP contribution in [0, 0.1) is 6.92 Å². The summed E-state index contributed by atoms with van der Waals surface area (Å²) >= 11 is 5.75. The lowest BCUT2D eigenvalue weighted by molar-refractivity contribution is -0.111. The second-order valence-corrected chi connectivity index (χ2v) is 3.09. The molecule has 0 fully saturated rings. The minimum atomic E-state index is -0.217. The Hall–Kier alpha value is -1.28. The summed E-state index contributed by atoms with van der Waals surface area (Å²) < 4.78 is 0. The Balaban J connectivity index is 2.89. The Kier molecular flexibility index (Phi) is 3.09. The van der Waals surface area contributed by atoms with E-state index in [9.17, 15) is 4.79 Å². The van der Waals surface area contributed by atoms with E-state index in [2.05, 4.69) is 11.9 Å². The average Bonchev–Trinajstić information content (AvgIpc) is 2.09. The zero-order valence-electron chi connectivity index (χ0n) is 7.30. The first kappa shape index (κ1) is 9.81. The van der Waals surface area contributed by atoms with Crippen molar-refractivity contribution in [3.63, 3.8) is 0 Å². The lowest BCUT2D eigenvalue weighted by atomic mass is 10.2. The number of hydrogen-bond acceptors (Lipinski definition) is 1. The van der Waals surface area contributed by atoms with Gasteiger partial charge in [0.25, 0.3) is 0 Å². The Morgan fingerprint density at radius 1 is 1.62 bits per heavy atom. The molecule has 1 N–H and O–H groups in total. The summed E-state index contributed by atoms with van der Waals surface area (Å²) in [6, 6.07) is 5.28. The van der Waals surface area contributed by atoms with E-state index in [-0.39, 0.29) is 5.91 Å². The summed E-state index contributed by atoms with van der Waals surface area (Å²) in [4.78, 5) is 11.0. The largest absolute Gasteiger partial charge is 0.322 e. The van der Waals surface area contributed by atoms with Gasteiger partial charge < -0.3 is 5.32 Å². The summed E-state index contributed by atoms with van der Waals surface area (Å²) in [6.45, 7) is 5.25. The average molecular weight is 196 g/mol. The first-order valence-corrected chi connectivity index (χ1v) is 4.21. The van der Waals surface area contributed by atoms with Gasteiger partial charge in [-0.15, -0.1) is 0 Å². The molecule has 0 aliphatic carbocycles. The van der Waals surface area contributed by atoms with E-state index in [0.29, 0.717) is 5.02 Å². The lowest BCUT2D eigenvalue weighted by Crippen LogP contribution is -2.08. The molecule has 0 unspecified atom stereocenters. The molecule has 0 aromatic heterocycles. The maximum atomic E-state index is 11.0. The highest BCUT2D eigenvalue weighted by molar-refractivity contribution is 6.30. The van der Waals surface area contributed by atoms with Crippen molar-refractivity contribution in [2.45, 2.75) is 6.92 Å². The van der Waals surface area contributed by atoms with Crippen molar-refractivity contribution < 1.29 is 4.79 Å². The Morgan fingerprint density at radius 2 is 2.31 bits per heavy atom. The van der Waals surface area contributed by atoms with Gasteiger partial charge in [-0.25, -0.2) is 0 Å². The third-order valence-corrected chi connectivity index (χ3v) is 1.87. The van der Waals surface area contributed by atoms with Crippen LogP contribution >= 0.6 is 11.6 Å². The SMILES string of the molecule is C=CC(=O)Nc1ccc(Cl)cc1C. The van der Waals surface area contributed by atoms with Gasteiger partial charge >= 0.3 is 0 Å². The molecule has 0 saturated heterocycles. The molecule has 0 aliphatic rings. The monoisotopic (exact) mass is 195 g/mol. The maximum Gasteiger partial charge on any atom is 0.247 e. The molecule has 0 aliphatic heterocycles. The zero-order chi connectivity index (χ0) is 9.84. The number of nitrogens with one attached hydrogen (secondary N) is 1. The third kappa shape index (κ3) is 2.60. The number of amides is 1. The number of carbonyl (C=O) groups excluding carboxylic acids is 1.